The second kappa shape index (κ2) is 6.20. The molecule has 3 heterocycles. The molecule has 2 aromatic rings. The summed E-state index contributed by atoms with van der Waals surface area (Å²) in [5, 5.41) is 3.49. The number of amides is 2. The molecule has 28 heavy (non-hydrogen) atoms. The van der Waals surface area contributed by atoms with Gasteiger partial charge in [0.2, 0.25) is 0 Å². The predicted octanol–water partition coefficient (Wildman–Crippen LogP) is 2.27. The van der Waals surface area contributed by atoms with Crippen LogP contribution in [0.15, 0.2) is 9.59 Å². The first-order valence-electron chi connectivity index (χ1n) is 10.1. The molecule has 1 N–H and O–H groups in total. The summed E-state index contributed by atoms with van der Waals surface area (Å²) in [6, 6.07) is -0.0636. The number of thiophene rings is 1. The fraction of sp³-hybridized carbons (Fsp3) is 0.650. The zero-order chi connectivity index (χ0) is 19.6. The molecule has 1 saturated heterocycles. The lowest BCUT2D eigenvalue weighted by molar-refractivity contribution is 0.216. The zero-order valence-corrected chi connectivity index (χ0v) is 17.2. The average molecular weight is 403 g/mol. The summed E-state index contributed by atoms with van der Waals surface area (Å²) in [5.41, 5.74) is 0.674. The molecule has 2 aromatic heterocycles. The number of nitrogens with zero attached hydrogens (tertiary/aromatic N) is 3. The second-order valence-corrected chi connectivity index (χ2v) is 10.1. The number of carbonyl (C=O) groups is 1. The largest absolute Gasteiger partial charge is 0.336 e. The van der Waals surface area contributed by atoms with Crippen molar-refractivity contribution >= 4 is 27.6 Å². The quantitative estimate of drug-likeness (QED) is 0.805. The maximum atomic E-state index is 13.3. The van der Waals surface area contributed by atoms with Gasteiger partial charge in [-0.2, -0.15) is 0 Å². The van der Waals surface area contributed by atoms with Crippen LogP contribution in [0.4, 0.5) is 4.79 Å². The number of carbonyl (C=O) groups excluding carboxylic acids is 1. The minimum absolute atomic E-state index is 0.0636. The van der Waals surface area contributed by atoms with E-state index in [1.165, 1.54) is 15.9 Å². The highest BCUT2D eigenvalue weighted by atomic mass is 32.1. The average Bonchev–Trinajstić information content (AvgIpc) is 3.55. The van der Waals surface area contributed by atoms with Gasteiger partial charge in [0.25, 0.3) is 5.56 Å². The lowest BCUT2D eigenvalue weighted by Crippen LogP contribution is -2.41. The number of fused-ring (bicyclic) bond motifs is 1. The van der Waals surface area contributed by atoms with E-state index in [0.29, 0.717) is 44.0 Å². The van der Waals surface area contributed by atoms with Crippen molar-refractivity contribution in [3.8, 4) is 0 Å². The summed E-state index contributed by atoms with van der Waals surface area (Å²) in [7, 11) is 0. The molecule has 2 amide bonds. The van der Waals surface area contributed by atoms with Crippen molar-refractivity contribution in [1.29, 1.82) is 0 Å². The molecule has 7 nitrogen and oxygen atoms in total. The normalized spacial score (nSPS) is 20.8. The van der Waals surface area contributed by atoms with Gasteiger partial charge in [-0.3, -0.25) is 13.9 Å². The van der Waals surface area contributed by atoms with Crippen LogP contribution >= 0.6 is 11.3 Å². The highest BCUT2D eigenvalue weighted by Crippen LogP contribution is 2.46. The second-order valence-electron chi connectivity index (χ2n) is 9.02. The maximum Gasteiger partial charge on any atom is 0.332 e. The number of hydrogen-bond donors (Lipinski definition) is 1. The van der Waals surface area contributed by atoms with E-state index in [1.54, 1.807) is 4.90 Å². The lowest BCUT2D eigenvalue weighted by atomic mass is 10.1. The molecule has 5 rings (SSSR count). The smallest absolute Gasteiger partial charge is 0.332 e. The van der Waals surface area contributed by atoms with E-state index in [4.69, 9.17) is 0 Å². The molecule has 1 aliphatic heterocycles. The first kappa shape index (κ1) is 18.0. The molecule has 0 unspecified atom stereocenters. The van der Waals surface area contributed by atoms with Crippen molar-refractivity contribution < 1.29 is 4.79 Å². The zero-order valence-electron chi connectivity index (χ0n) is 16.4. The Hall–Kier alpha value is -2.09. The Balaban J connectivity index is 1.65. The number of rotatable bonds is 6. The summed E-state index contributed by atoms with van der Waals surface area (Å²) in [6.45, 7) is 7.11. The van der Waals surface area contributed by atoms with Gasteiger partial charge >= 0.3 is 11.7 Å². The maximum absolute atomic E-state index is 13.3. The summed E-state index contributed by atoms with van der Waals surface area (Å²) >= 11 is 1.51. The molecule has 0 atom stereocenters. The molecule has 3 aliphatic rings. The third-order valence-electron chi connectivity index (χ3n) is 6.45. The summed E-state index contributed by atoms with van der Waals surface area (Å²) in [5.74, 6) is 0.540. The fourth-order valence-corrected chi connectivity index (χ4v) is 5.35. The summed E-state index contributed by atoms with van der Waals surface area (Å²) in [4.78, 5) is 42.1. The molecule has 150 valence electrons. The predicted molar refractivity (Wildman–Crippen MR) is 109 cm³/mol. The minimum Gasteiger partial charge on any atom is -0.336 e. The Bertz CT molecular complexity index is 1090. The van der Waals surface area contributed by atoms with Gasteiger partial charge in [0.15, 0.2) is 0 Å². The Morgan fingerprint density at radius 3 is 2.54 bits per heavy atom. The molecule has 0 spiro atoms. The van der Waals surface area contributed by atoms with Gasteiger partial charge in [0.05, 0.1) is 11.9 Å². The highest BCUT2D eigenvalue weighted by Gasteiger charge is 2.39. The van der Waals surface area contributed by atoms with E-state index in [0.717, 1.165) is 41.0 Å². The van der Waals surface area contributed by atoms with Crippen LogP contribution in [-0.4, -0.2) is 33.2 Å². The molecule has 0 aromatic carbocycles. The number of nitrogens with one attached hydrogen (secondary N) is 1. The van der Waals surface area contributed by atoms with Crippen LogP contribution in [0.3, 0.4) is 0 Å². The van der Waals surface area contributed by atoms with Gasteiger partial charge in [-0.15, -0.1) is 11.3 Å². The minimum atomic E-state index is -0.163. The molecular weight excluding hydrogens is 376 g/mol. The molecule has 2 aliphatic carbocycles. The number of urea groups is 1. The van der Waals surface area contributed by atoms with E-state index in [1.807, 2.05) is 11.5 Å². The van der Waals surface area contributed by atoms with Crippen molar-refractivity contribution in [1.82, 2.24) is 19.4 Å². The highest BCUT2D eigenvalue weighted by molar-refractivity contribution is 7.18. The monoisotopic (exact) mass is 402 g/mol. The van der Waals surface area contributed by atoms with Gasteiger partial charge in [0.1, 0.15) is 4.83 Å². The molecule has 0 bridgehead atoms. The van der Waals surface area contributed by atoms with Gasteiger partial charge in [-0.25, -0.2) is 9.59 Å². The molecular formula is C20H26N4O3S. The Morgan fingerprint density at radius 2 is 1.93 bits per heavy atom. The van der Waals surface area contributed by atoms with E-state index < -0.39 is 0 Å². The van der Waals surface area contributed by atoms with E-state index in [9.17, 15) is 14.4 Å². The van der Waals surface area contributed by atoms with Crippen LogP contribution in [0.25, 0.3) is 10.2 Å². The topological polar surface area (TPSA) is 76.3 Å². The van der Waals surface area contributed by atoms with Crippen LogP contribution in [0.2, 0.25) is 0 Å². The Morgan fingerprint density at radius 1 is 1.18 bits per heavy atom. The number of aromatic nitrogens is 2. The third-order valence-corrected chi connectivity index (χ3v) is 7.75. The van der Waals surface area contributed by atoms with Gasteiger partial charge in [-0.1, -0.05) is 6.92 Å². The van der Waals surface area contributed by atoms with Crippen molar-refractivity contribution in [3.63, 3.8) is 0 Å². The van der Waals surface area contributed by atoms with Crippen LogP contribution < -0.4 is 16.6 Å². The summed E-state index contributed by atoms with van der Waals surface area (Å²) in [6.07, 6.45) is 4.43. The first-order valence-corrected chi connectivity index (χ1v) is 11.0. The molecule has 2 saturated carbocycles. The SMILES string of the molecule is Cc1c(CN2CCNC2=O)sc2c1c(=O)n(CC1(C)CC1)c(=O)n2CC1CC1. The van der Waals surface area contributed by atoms with Crippen molar-refractivity contribution in [3.05, 3.63) is 31.3 Å². The Labute approximate surface area is 166 Å². The van der Waals surface area contributed by atoms with Crippen molar-refractivity contribution in [2.75, 3.05) is 13.1 Å². The van der Waals surface area contributed by atoms with E-state index in [2.05, 4.69) is 12.2 Å². The summed E-state index contributed by atoms with van der Waals surface area (Å²) < 4.78 is 3.31. The van der Waals surface area contributed by atoms with Gasteiger partial charge < -0.3 is 10.2 Å². The van der Waals surface area contributed by atoms with E-state index in [-0.39, 0.29) is 22.7 Å². The number of aryl methyl sites for hydroxylation is 1. The molecule has 0 radical (unpaired) electrons. The van der Waals surface area contributed by atoms with E-state index >= 15 is 0 Å². The van der Waals surface area contributed by atoms with Crippen molar-refractivity contribution in [2.24, 2.45) is 11.3 Å². The van der Waals surface area contributed by atoms with Crippen LogP contribution in [0.1, 0.15) is 43.0 Å². The lowest BCUT2D eigenvalue weighted by Gasteiger charge is -2.14. The first-order chi connectivity index (χ1) is 13.4. The van der Waals surface area contributed by atoms with Gasteiger partial charge in [0, 0.05) is 31.1 Å². The fourth-order valence-electron chi connectivity index (χ4n) is 4.04. The third kappa shape index (κ3) is 2.98. The Kier molecular flexibility index (Phi) is 3.98. The van der Waals surface area contributed by atoms with Crippen LogP contribution in [0.5, 0.6) is 0 Å². The number of hydrogen-bond acceptors (Lipinski definition) is 4. The van der Waals surface area contributed by atoms with Crippen LogP contribution in [-0.2, 0) is 19.6 Å². The van der Waals surface area contributed by atoms with Gasteiger partial charge in [-0.05, 0) is 49.5 Å². The molecule has 3 fully saturated rings. The van der Waals surface area contributed by atoms with Crippen LogP contribution in [0, 0.1) is 18.3 Å². The van der Waals surface area contributed by atoms with Crippen molar-refractivity contribution in [2.45, 2.75) is 59.2 Å². The standard InChI is InChI=1S/C20H26N4O3S/c1-12-14(10-22-8-7-21-18(22)26)28-17-15(12)16(25)24(11-20(2)5-6-20)19(27)23(17)9-13-3-4-13/h13H,3-11H2,1-2H3,(H,21,26). The molecule has 8 heteroatoms.